The molecule has 4 saturated carbocycles. The van der Waals surface area contributed by atoms with Crippen molar-refractivity contribution in [3.8, 4) is 6.26 Å². The molecule has 10 nitrogen and oxygen atoms in total. The Hall–Kier alpha value is -2.16. The Labute approximate surface area is 310 Å². The molecule has 4 rings (SSSR count). The molecule has 0 aromatic rings. The van der Waals surface area contributed by atoms with E-state index in [9.17, 15) is 14.4 Å². The summed E-state index contributed by atoms with van der Waals surface area (Å²) in [4.78, 5) is 37.7. The van der Waals surface area contributed by atoms with Crippen molar-refractivity contribution in [1.82, 2.24) is 20.9 Å². The number of nitrogens with one attached hydrogen (secondary N) is 3. The van der Waals surface area contributed by atoms with Gasteiger partial charge in [-0.15, -0.1) is 0 Å². The maximum Gasteiger partial charge on any atom is 0.286 e. The second-order valence-corrected chi connectivity index (χ2v) is 22.1. The zero-order chi connectivity index (χ0) is 37.2. The van der Waals surface area contributed by atoms with Crippen molar-refractivity contribution in [1.29, 1.82) is 5.26 Å². The fourth-order valence-electron chi connectivity index (χ4n) is 11.5. The van der Waals surface area contributed by atoms with Crippen molar-refractivity contribution in [2.75, 3.05) is 45.9 Å². The van der Waals surface area contributed by atoms with Crippen molar-refractivity contribution in [3.63, 3.8) is 0 Å². The Morgan fingerprint density at radius 3 is 2.16 bits per heavy atom. The van der Waals surface area contributed by atoms with Crippen LogP contribution in [0.2, 0.25) is 19.1 Å². The minimum Gasteiger partial charge on any atom is -0.428 e. The average molecular weight is 730 g/mol. The first-order chi connectivity index (χ1) is 24.2. The first-order valence-electron chi connectivity index (χ1n) is 20.3. The number of rotatable bonds is 19. The van der Waals surface area contributed by atoms with Gasteiger partial charge in [0.15, 0.2) is 8.32 Å². The van der Waals surface area contributed by atoms with Crippen LogP contribution in [0.5, 0.6) is 0 Å². The van der Waals surface area contributed by atoms with Crippen LogP contribution in [-0.2, 0) is 23.5 Å². The van der Waals surface area contributed by atoms with E-state index < -0.39 is 8.32 Å². The van der Waals surface area contributed by atoms with Crippen molar-refractivity contribution >= 4 is 26.0 Å². The zero-order valence-electron chi connectivity index (χ0n) is 33.1. The maximum atomic E-state index is 13.0. The Morgan fingerprint density at radius 1 is 0.882 bits per heavy atom. The molecule has 0 heterocycles. The highest BCUT2D eigenvalue weighted by Gasteiger charge is 2.60. The summed E-state index contributed by atoms with van der Waals surface area (Å²) in [6.07, 6.45) is 16.4. The van der Waals surface area contributed by atoms with E-state index in [-0.39, 0.29) is 17.7 Å². The molecule has 0 bridgehead atoms. The number of nitriles is 1. The van der Waals surface area contributed by atoms with Gasteiger partial charge < -0.3 is 25.1 Å². The van der Waals surface area contributed by atoms with Crippen molar-refractivity contribution in [2.45, 2.75) is 137 Å². The summed E-state index contributed by atoms with van der Waals surface area (Å²) >= 11 is 0. The van der Waals surface area contributed by atoms with Gasteiger partial charge in [-0.1, -0.05) is 20.8 Å². The quantitative estimate of drug-likeness (QED) is 0.0816. The number of amides is 3. The lowest BCUT2D eigenvalue weighted by Gasteiger charge is -2.61. The van der Waals surface area contributed by atoms with Gasteiger partial charge in [0.1, 0.15) is 6.61 Å². The third-order valence-corrected chi connectivity index (χ3v) is 16.7. The van der Waals surface area contributed by atoms with E-state index in [2.05, 4.69) is 54.7 Å². The molecule has 4 aliphatic rings. The Morgan fingerprint density at radius 2 is 1.51 bits per heavy atom. The van der Waals surface area contributed by atoms with E-state index in [0.29, 0.717) is 81.1 Å². The number of carbonyl (C=O) groups excluding carboxylic acids is 3. The van der Waals surface area contributed by atoms with E-state index in [0.717, 1.165) is 42.6 Å². The smallest absolute Gasteiger partial charge is 0.286 e. The van der Waals surface area contributed by atoms with Gasteiger partial charge in [0, 0.05) is 65.6 Å². The lowest BCUT2D eigenvalue weighted by Crippen LogP contribution is -2.55. The first kappa shape index (κ1) is 41.6. The minimum absolute atomic E-state index is 0.0564. The molecule has 4 fully saturated rings. The molecule has 51 heavy (non-hydrogen) atoms. The van der Waals surface area contributed by atoms with Crippen LogP contribution in [0.1, 0.15) is 112 Å². The summed E-state index contributed by atoms with van der Waals surface area (Å²) < 4.78 is 11.8. The molecule has 0 aliphatic heterocycles. The van der Waals surface area contributed by atoms with Crippen LogP contribution in [0.4, 0.5) is 0 Å². The van der Waals surface area contributed by atoms with Crippen LogP contribution in [0, 0.1) is 57.9 Å². The largest absolute Gasteiger partial charge is 0.428 e. The van der Waals surface area contributed by atoms with Crippen LogP contribution in [0.15, 0.2) is 0 Å². The predicted molar refractivity (Wildman–Crippen MR) is 204 cm³/mol. The third-order valence-electron chi connectivity index (χ3n) is 14.1. The predicted octanol–water partition coefficient (Wildman–Crippen LogP) is 6.23. The molecule has 4 aliphatic carbocycles. The molecular weight excluding hydrogens is 659 g/mol. The van der Waals surface area contributed by atoms with Gasteiger partial charge in [-0.25, -0.2) is 0 Å². The van der Waals surface area contributed by atoms with Crippen LogP contribution >= 0.6 is 0 Å². The summed E-state index contributed by atoms with van der Waals surface area (Å²) in [5.74, 6) is 4.49. The molecule has 3 N–H and O–H groups in total. The lowest BCUT2D eigenvalue weighted by molar-refractivity contribution is -0.128. The molecule has 290 valence electrons. The number of ether oxygens (including phenoxy) is 1. The highest BCUT2D eigenvalue weighted by atomic mass is 28.4. The van der Waals surface area contributed by atoms with Gasteiger partial charge in [-0.2, -0.15) is 5.26 Å². The van der Waals surface area contributed by atoms with Gasteiger partial charge in [0.2, 0.25) is 17.7 Å². The van der Waals surface area contributed by atoms with Crippen LogP contribution in [-0.4, -0.2) is 82.9 Å². The number of carbonyl (C=O) groups is 3. The monoisotopic (exact) mass is 730 g/mol. The lowest BCUT2D eigenvalue weighted by atomic mass is 9.44. The minimum atomic E-state index is -1.78. The molecule has 0 unspecified atom stereocenters. The SMILES string of the molecule is CC(=O)NCCN(CCNC(C)=O)CCNC(=O)CC[C@@H](C)[C@H]1CC[C@H]2[C@@H]3CC[C@@H]4C[C@H](O[Si](C)(C)CCCOC#N)CC[C@]4(C)[C@H]3CC[C@]12C. The van der Waals surface area contributed by atoms with Crippen molar-refractivity contribution in [2.24, 2.45) is 46.3 Å². The number of fused-ring (bicyclic) bond motifs is 5. The Bertz CT molecular complexity index is 1190. The number of hydrogen-bond donors (Lipinski definition) is 3. The normalized spacial score (nSPS) is 32.1. The van der Waals surface area contributed by atoms with Gasteiger partial charge in [0.25, 0.3) is 6.26 Å². The summed E-state index contributed by atoms with van der Waals surface area (Å²) in [6.45, 7) is 19.5. The fraction of sp³-hybridized carbons (Fsp3) is 0.900. The summed E-state index contributed by atoms with van der Waals surface area (Å²) in [5, 5.41) is 17.5. The fourth-order valence-corrected chi connectivity index (χ4v) is 13.8. The molecule has 0 aromatic carbocycles. The van der Waals surface area contributed by atoms with Crippen LogP contribution in [0.25, 0.3) is 0 Å². The number of nitrogens with zero attached hydrogens (tertiary/aromatic N) is 2. The molecular formula is C40H71N5O5Si. The van der Waals surface area contributed by atoms with Crippen molar-refractivity contribution < 1.29 is 23.5 Å². The highest BCUT2D eigenvalue weighted by molar-refractivity contribution is 6.71. The van der Waals surface area contributed by atoms with Crippen LogP contribution < -0.4 is 16.0 Å². The second kappa shape index (κ2) is 18.7. The Kier molecular flexibility index (Phi) is 15.3. The summed E-state index contributed by atoms with van der Waals surface area (Å²) in [7, 11) is -1.78. The van der Waals surface area contributed by atoms with E-state index in [1.165, 1.54) is 71.6 Å². The maximum absolute atomic E-state index is 13.0. The number of hydrogen-bond acceptors (Lipinski definition) is 7. The van der Waals surface area contributed by atoms with Gasteiger partial charge in [-0.05, 0) is 136 Å². The van der Waals surface area contributed by atoms with E-state index in [1.54, 1.807) is 6.26 Å². The Balaban J connectivity index is 1.23. The van der Waals surface area contributed by atoms with E-state index in [1.807, 2.05) is 0 Å². The molecule has 0 saturated heterocycles. The molecule has 3 amide bonds. The van der Waals surface area contributed by atoms with E-state index in [4.69, 9.17) is 14.4 Å². The van der Waals surface area contributed by atoms with Crippen molar-refractivity contribution in [3.05, 3.63) is 0 Å². The first-order valence-corrected chi connectivity index (χ1v) is 23.5. The summed E-state index contributed by atoms with van der Waals surface area (Å²) in [6, 6.07) is 1.05. The van der Waals surface area contributed by atoms with Crippen LogP contribution in [0.3, 0.4) is 0 Å². The average Bonchev–Trinajstić information content (AvgIpc) is 3.42. The molecule has 0 aromatic heterocycles. The van der Waals surface area contributed by atoms with Gasteiger partial charge >= 0.3 is 0 Å². The molecule has 11 heteroatoms. The van der Waals surface area contributed by atoms with Gasteiger partial charge in [0.05, 0.1) is 0 Å². The summed E-state index contributed by atoms with van der Waals surface area (Å²) in [5.41, 5.74) is 0.815. The van der Waals surface area contributed by atoms with Gasteiger partial charge in [-0.3, -0.25) is 19.3 Å². The standard InChI is InChI=1S/C40H71N5O5Si/c1-29(9-14-38(48)44-21-24-45(22-19-42-30(2)46)23-20-43-31(3)47)35-12-13-36-34-11-10-32-27-33(50-51(6,7)26-8-25-49-28-41)15-17-39(32,4)37(34)16-18-40(35,36)5/h29,32-37H,8-27H2,1-7H3,(H,42,46)(H,43,47)(H,44,48)/t29-,32-,33-,34+,35-,36+,37+,39+,40-/m1/s1. The van der Waals surface area contributed by atoms with E-state index >= 15 is 0 Å². The molecule has 0 radical (unpaired) electrons. The topological polar surface area (TPSA) is 133 Å². The second-order valence-electron chi connectivity index (χ2n) is 17.9. The zero-order valence-corrected chi connectivity index (χ0v) is 34.1. The highest BCUT2D eigenvalue weighted by Crippen LogP contribution is 2.68. The molecule has 9 atom stereocenters. The third kappa shape index (κ3) is 11.2. The molecule has 0 spiro atoms.